The number of amides is 1. The van der Waals surface area contributed by atoms with Gasteiger partial charge in [-0.25, -0.2) is 4.18 Å². The number of carbonyl (C=O) groups is 1. The molecule has 0 spiro atoms. The average Bonchev–Trinajstić information content (AvgIpc) is 3.38. The van der Waals surface area contributed by atoms with Crippen molar-refractivity contribution in [2.45, 2.75) is 346 Å². The second-order valence-corrected chi connectivity index (χ2v) is 23.0. The van der Waals surface area contributed by atoms with Gasteiger partial charge in [-0.15, -0.1) is 0 Å². The van der Waals surface area contributed by atoms with Crippen LogP contribution in [0.4, 0.5) is 0 Å². The lowest BCUT2D eigenvalue weighted by molar-refractivity contribution is -0.298. The molecule has 6 N–H and O–H groups in total. The molecule has 1 aliphatic rings. The number of rotatable bonds is 55. The van der Waals surface area contributed by atoms with Gasteiger partial charge in [0.25, 0.3) is 0 Å². The molecule has 1 amide bonds. The summed E-state index contributed by atoms with van der Waals surface area (Å²) in [6.45, 7) is 3.50. The number of hydrogen-bond donors (Lipinski definition) is 6. The molecule has 7 unspecified atom stereocenters. The minimum absolute atomic E-state index is 0.226. The van der Waals surface area contributed by atoms with Crippen molar-refractivity contribution >= 4 is 16.3 Å². The van der Waals surface area contributed by atoms with E-state index in [9.17, 15) is 38.2 Å². The first-order valence-corrected chi connectivity index (χ1v) is 32.6. The van der Waals surface area contributed by atoms with Crippen LogP contribution in [0.2, 0.25) is 0 Å². The fourth-order valence-corrected chi connectivity index (χ4v) is 10.7. The zero-order valence-electron chi connectivity index (χ0n) is 47.7. The van der Waals surface area contributed by atoms with Crippen LogP contribution >= 0.6 is 0 Å². The number of nitrogens with one attached hydrogen (secondary N) is 1. The number of hydrogen-bond acceptors (Lipinski definition) is 10. The summed E-state index contributed by atoms with van der Waals surface area (Å²) in [5.74, 6) is -0.226. The Kier molecular flexibility index (Phi) is 48.7. The maximum atomic E-state index is 13.2. The van der Waals surface area contributed by atoms with Gasteiger partial charge in [0.15, 0.2) is 6.29 Å². The standard InChI is InChI=1S/C61H117NO11S/c1-3-5-7-9-11-13-15-17-19-21-23-24-25-26-27-28-29-30-31-32-33-35-37-39-41-43-45-47-49-51-57(65)62-54(53-71-61-59(67)60(73-74(68,69)70)58(66)56(52-63)72-61)55(64)50-48-46-44-42-40-38-36-34-22-20-18-16-14-12-10-8-6-4-2/h23-24,26-27,54-56,58-61,63-64,66-67H,3-22,25,28-53H2,1-2H3,(H,62,65)(H,68,69,70)/b24-23-,27-26-. The molecule has 1 rings (SSSR count). The Morgan fingerprint density at radius 3 is 1.28 bits per heavy atom. The first-order chi connectivity index (χ1) is 36.0. The third kappa shape index (κ3) is 42.6. The third-order valence-corrected chi connectivity index (χ3v) is 15.5. The molecule has 438 valence electrons. The average molecular weight is 1070 g/mol. The molecule has 0 aromatic heterocycles. The Morgan fingerprint density at radius 1 is 0.541 bits per heavy atom. The fourth-order valence-electron chi connectivity index (χ4n) is 10.2. The fraction of sp³-hybridized carbons (Fsp3) is 0.918. The summed E-state index contributed by atoms with van der Waals surface area (Å²) >= 11 is 0. The maximum absolute atomic E-state index is 13.2. The lowest BCUT2D eigenvalue weighted by Crippen LogP contribution is -2.61. The van der Waals surface area contributed by atoms with Gasteiger partial charge in [0.2, 0.25) is 5.91 Å². The number of aliphatic hydroxyl groups is 4. The first-order valence-electron chi connectivity index (χ1n) is 31.2. The van der Waals surface area contributed by atoms with Gasteiger partial charge in [-0.1, -0.05) is 276 Å². The number of ether oxygens (including phenoxy) is 2. The molecule has 0 aromatic rings. The van der Waals surface area contributed by atoms with E-state index in [-0.39, 0.29) is 12.5 Å². The number of carbonyl (C=O) groups excluding carboxylic acids is 1. The highest BCUT2D eigenvalue weighted by molar-refractivity contribution is 7.80. The largest absolute Gasteiger partial charge is 0.397 e. The Balaban J connectivity index is 2.28. The first kappa shape index (κ1) is 70.6. The van der Waals surface area contributed by atoms with Crippen molar-refractivity contribution in [3.8, 4) is 0 Å². The van der Waals surface area contributed by atoms with E-state index in [0.717, 1.165) is 57.8 Å². The summed E-state index contributed by atoms with van der Waals surface area (Å²) in [5.41, 5.74) is 0. The molecule has 0 aliphatic carbocycles. The summed E-state index contributed by atoms with van der Waals surface area (Å²) in [4.78, 5) is 13.2. The molecule has 0 radical (unpaired) electrons. The molecule has 74 heavy (non-hydrogen) atoms. The van der Waals surface area contributed by atoms with Crippen molar-refractivity contribution in [1.29, 1.82) is 0 Å². The van der Waals surface area contributed by atoms with Gasteiger partial charge in [-0.3, -0.25) is 9.35 Å². The Morgan fingerprint density at radius 2 is 0.905 bits per heavy atom. The van der Waals surface area contributed by atoms with Crippen molar-refractivity contribution in [2.24, 2.45) is 0 Å². The quantitative estimate of drug-likeness (QED) is 0.0193. The zero-order chi connectivity index (χ0) is 54.0. The second-order valence-electron chi connectivity index (χ2n) is 22.0. The number of allylic oxidation sites excluding steroid dienone is 4. The molecule has 13 heteroatoms. The minimum Gasteiger partial charge on any atom is -0.394 e. The molecule has 1 fully saturated rings. The van der Waals surface area contributed by atoms with Crippen molar-refractivity contribution in [1.82, 2.24) is 5.32 Å². The summed E-state index contributed by atoms with van der Waals surface area (Å²) in [6.07, 6.45) is 54.8. The molecule has 12 nitrogen and oxygen atoms in total. The van der Waals surface area contributed by atoms with Gasteiger partial charge in [0, 0.05) is 6.42 Å². The summed E-state index contributed by atoms with van der Waals surface area (Å²) in [5, 5.41) is 45.2. The minimum atomic E-state index is -5.08. The van der Waals surface area contributed by atoms with E-state index < -0.39 is 59.9 Å². The van der Waals surface area contributed by atoms with Gasteiger partial charge in [-0.2, -0.15) is 8.42 Å². The van der Waals surface area contributed by atoms with E-state index in [1.54, 1.807) is 0 Å². The molecular formula is C61H117NO11S. The highest BCUT2D eigenvalue weighted by Gasteiger charge is 2.48. The Labute approximate surface area is 454 Å². The highest BCUT2D eigenvalue weighted by Crippen LogP contribution is 2.26. The van der Waals surface area contributed by atoms with E-state index in [1.807, 2.05) is 0 Å². The maximum Gasteiger partial charge on any atom is 0.397 e. The van der Waals surface area contributed by atoms with Crippen LogP contribution in [0.15, 0.2) is 24.3 Å². The van der Waals surface area contributed by atoms with Gasteiger partial charge in [0.1, 0.15) is 24.4 Å². The highest BCUT2D eigenvalue weighted by atomic mass is 32.3. The van der Waals surface area contributed by atoms with Crippen LogP contribution in [0.3, 0.4) is 0 Å². The van der Waals surface area contributed by atoms with Crippen LogP contribution in [0.25, 0.3) is 0 Å². The van der Waals surface area contributed by atoms with Crippen LogP contribution < -0.4 is 5.32 Å². The molecule has 0 saturated carbocycles. The molecule has 1 heterocycles. The Bertz CT molecular complexity index is 1400. The van der Waals surface area contributed by atoms with Gasteiger partial charge in [-0.05, 0) is 44.9 Å². The summed E-state index contributed by atoms with van der Waals surface area (Å²) in [7, 11) is -5.08. The van der Waals surface area contributed by atoms with Crippen LogP contribution in [0.5, 0.6) is 0 Å². The van der Waals surface area contributed by atoms with Crippen molar-refractivity contribution in [2.75, 3.05) is 13.2 Å². The van der Waals surface area contributed by atoms with E-state index in [2.05, 4.69) is 47.7 Å². The van der Waals surface area contributed by atoms with E-state index in [0.29, 0.717) is 12.8 Å². The van der Waals surface area contributed by atoms with Crippen LogP contribution in [0, 0.1) is 0 Å². The monoisotopic (exact) mass is 1070 g/mol. The van der Waals surface area contributed by atoms with Crippen LogP contribution in [-0.4, -0.2) is 95.4 Å². The lowest BCUT2D eigenvalue weighted by Gasteiger charge is -2.41. The van der Waals surface area contributed by atoms with Crippen LogP contribution in [-0.2, 0) is 28.9 Å². The molecular weight excluding hydrogens is 955 g/mol. The van der Waals surface area contributed by atoms with E-state index in [1.165, 1.54) is 218 Å². The molecule has 1 aliphatic heterocycles. The van der Waals surface area contributed by atoms with Crippen molar-refractivity contribution in [3.63, 3.8) is 0 Å². The number of aliphatic hydroxyl groups excluding tert-OH is 4. The third-order valence-electron chi connectivity index (χ3n) is 15.0. The molecule has 1 saturated heterocycles. The topological polar surface area (TPSA) is 192 Å². The van der Waals surface area contributed by atoms with Gasteiger partial charge >= 0.3 is 10.4 Å². The predicted molar refractivity (Wildman–Crippen MR) is 305 cm³/mol. The predicted octanol–water partition coefficient (Wildman–Crippen LogP) is 15.2. The van der Waals surface area contributed by atoms with Crippen LogP contribution in [0.1, 0.15) is 303 Å². The normalized spacial score (nSPS) is 19.3. The zero-order valence-corrected chi connectivity index (χ0v) is 48.5. The van der Waals surface area contributed by atoms with E-state index >= 15 is 0 Å². The Hall–Kier alpha value is -1.42. The molecule has 0 aromatic carbocycles. The second kappa shape index (κ2) is 51.0. The van der Waals surface area contributed by atoms with Gasteiger partial charge < -0.3 is 35.2 Å². The molecule has 0 bridgehead atoms. The summed E-state index contributed by atoms with van der Waals surface area (Å²) in [6, 6.07) is -0.858. The van der Waals surface area contributed by atoms with Gasteiger partial charge in [0.05, 0.1) is 25.4 Å². The SMILES string of the molecule is CCCCCCCCCCC/C=C\C/C=C\CCCCCCCCCCCCCCCC(=O)NC(COC1OC(CO)C(O)C(OS(=O)(=O)O)C1O)C(O)CCCCCCCCCCCCCCCCCCCC. The smallest absolute Gasteiger partial charge is 0.394 e. The van der Waals surface area contributed by atoms with E-state index in [4.69, 9.17) is 9.47 Å². The lowest BCUT2D eigenvalue weighted by atomic mass is 9.99. The van der Waals surface area contributed by atoms with Crippen molar-refractivity contribution in [3.05, 3.63) is 24.3 Å². The number of unbranched alkanes of at least 4 members (excludes halogenated alkanes) is 39. The van der Waals surface area contributed by atoms with Crippen molar-refractivity contribution < 1.29 is 51.8 Å². The summed E-state index contributed by atoms with van der Waals surface area (Å²) < 4.78 is 48.0. The molecule has 7 atom stereocenters.